The fraction of sp³-hybridized carbons (Fsp3) is 0.391. The molecule has 0 unspecified atom stereocenters. The first kappa shape index (κ1) is 20.6. The molecule has 0 aromatic heterocycles. The third kappa shape index (κ3) is 5.20. The van der Waals surface area contributed by atoms with E-state index >= 15 is 0 Å². The Morgan fingerprint density at radius 2 is 1.68 bits per heavy atom. The van der Waals surface area contributed by atoms with Crippen LogP contribution in [0.1, 0.15) is 24.5 Å². The number of aliphatic hydroxyl groups is 2. The summed E-state index contributed by atoms with van der Waals surface area (Å²) in [6.07, 6.45) is 0.826. The van der Waals surface area contributed by atoms with E-state index in [1.165, 1.54) is 0 Å². The number of aliphatic hydroxyl groups excluding tert-OH is 1. The van der Waals surface area contributed by atoms with Crippen LogP contribution >= 0.6 is 0 Å². The lowest BCUT2D eigenvalue weighted by Crippen LogP contribution is -2.51. The van der Waals surface area contributed by atoms with Crippen LogP contribution in [-0.4, -0.2) is 41.7 Å². The van der Waals surface area contributed by atoms with Gasteiger partial charge in [0.1, 0.15) is 11.4 Å². The topological polar surface area (TPSA) is 68.2 Å². The van der Waals surface area contributed by atoms with Gasteiger partial charge in [0.05, 0.1) is 39.1 Å². The van der Waals surface area contributed by atoms with Crippen molar-refractivity contribution in [2.24, 2.45) is 0 Å². The van der Waals surface area contributed by atoms with Gasteiger partial charge in [-0.15, -0.1) is 0 Å². The third-order valence-corrected chi connectivity index (χ3v) is 5.05. The first-order chi connectivity index (χ1) is 13.5. The largest absolute Gasteiger partial charge is 0.497 e. The summed E-state index contributed by atoms with van der Waals surface area (Å²) in [7, 11) is 1.63. The summed E-state index contributed by atoms with van der Waals surface area (Å²) in [5.41, 5.74) is 1.45. The molecule has 0 saturated carbocycles. The molecule has 5 nitrogen and oxygen atoms in total. The molecular weight excluding hydrogens is 356 g/mol. The van der Waals surface area contributed by atoms with Gasteiger partial charge in [0, 0.05) is 6.42 Å². The monoisotopic (exact) mass is 384 g/mol. The van der Waals surface area contributed by atoms with E-state index in [-0.39, 0.29) is 6.61 Å². The molecule has 2 aromatic carbocycles. The smallest absolute Gasteiger partial charge is 0.132 e. The van der Waals surface area contributed by atoms with E-state index in [1.807, 2.05) is 61.5 Å². The van der Waals surface area contributed by atoms with Gasteiger partial charge in [0.15, 0.2) is 0 Å². The van der Waals surface area contributed by atoms with Crippen molar-refractivity contribution < 1.29 is 24.4 Å². The van der Waals surface area contributed by atoms with E-state index in [4.69, 9.17) is 14.2 Å². The van der Waals surface area contributed by atoms with Gasteiger partial charge in [0.25, 0.3) is 0 Å². The van der Waals surface area contributed by atoms with Gasteiger partial charge in [-0.3, -0.25) is 0 Å². The summed E-state index contributed by atoms with van der Waals surface area (Å²) < 4.78 is 16.9. The highest BCUT2D eigenvalue weighted by molar-refractivity contribution is 5.27. The van der Waals surface area contributed by atoms with Gasteiger partial charge >= 0.3 is 0 Å². The van der Waals surface area contributed by atoms with Gasteiger partial charge in [-0.2, -0.15) is 0 Å². The van der Waals surface area contributed by atoms with Crippen molar-refractivity contribution in [2.45, 2.75) is 44.4 Å². The minimum Gasteiger partial charge on any atom is -0.497 e. The molecule has 0 fully saturated rings. The molecule has 0 aliphatic heterocycles. The maximum Gasteiger partial charge on any atom is 0.132 e. The SMILES string of the molecule is COc1ccc(COC[C@]2(O)C=C(C)[C@@H](O)C[C@H]2OCc2ccccc2)cc1. The second kappa shape index (κ2) is 9.34. The van der Waals surface area contributed by atoms with E-state index in [0.717, 1.165) is 22.4 Å². The van der Waals surface area contributed by atoms with Crippen molar-refractivity contribution in [1.29, 1.82) is 0 Å². The van der Waals surface area contributed by atoms with Crippen LogP contribution < -0.4 is 4.74 Å². The fourth-order valence-corrected chi connectivity index (χ4v) is 3.35. The van der Waals surface area contributed by atoms with Crippen LogP contribution in [0.4, 0.5) is 0 Å². The van der Waals surface area contributed by atoms with Gasteiger partial charge in [-0.05, 0) is 41.8 Å². The molecule has 0 bridgehead atoms. The zero-order valence-corrected chi connectivity index (χ0v) is 16.4. The highest BCUT2D eigenvalue weighted by atomic mass is 16.5. The molecule has 0 radical (unpaired) electrons. The van der Waals surface area contributed by atoms with Crippen molar-refractivity contribution >= 4 is 0 Å². The first-order valence-corrected chi connectivity index (χ1v) is 9.46. The number of methoxy groups -OCH3 is 1. The van der Waals surface area contributed by atoms with Crippen molar-refractivity contribution in [1.82, 2.24) is 0 Å². The average molecular weight is 384 g/mol. The third-order valence-electron chi connectivity index (χ3n) is 5.05. The molecule has 0 amide bonds. The molecule has 0 spiro atoms. The van der Waals surface area contributed by atoms with Crippen LogP contribution in [-0.2, 0) is 22.7 Å². The maximum absolute atomic E-state index is 11.2. The molecule has 1 aliphatic rings. The Morgan fingerprint density at radius 1 is 1.00 bits per heavy atom. The highest BCUT2D eigenvalue weighted by Crippen LogP contribution is 2.31. The molecular formula is C23H28O5. The Balaban J connectivity index is 1.63. The van der Waals surface area contributed by atoms with Gasteiger partial charge < -0.3 is 24.4 Å². The number of rotatable bonds is 8. The molecule has 0 saturated heterocycles. The zero-order valence-electron chi connectivity index (χ0n) is 16.4. The summed E-state index contributed by atoms with van der Waals surface area (Å²) in [6.45, 7) is 2.63. The molecule has 0 heterocycles. The van der Waals surface area contributed by atoms with Crippen LogP contribution in [0.15, 0.2) is 66.2 Å². The van der Waals surface area contributed by atoms with Gasteiger partial charge in [0.2, 0.25) is 0 Å². The Morgan fingerprint density at radius 3 is 2.36 bits per heavy atom. The Kier molecular flexibility index (Phi) is 6.86. The average Bonchev–Trinajstić information content (AvgIpc) is 2.71. The fourth-order valence-electron chi connectivity index (χ4n) is 3.35. The lowest BCUT2D eigenvalue weighted by molar-refractivity contribution is -0.140. The van der Waals surface area contributed by atoms with Crippen molar-refractivity contribution in [3.8, 4) is 5.75 Å². The molecule has 5 heteroatoms. The van der Waals surface area contributed by atoms with Crippen LogP contribution in [0, 0.1) is 0 Å². The zero-order chi connectivity index (χ0) is 20.0. The molecule has 150 valence electrons. The van der Waals surface area contributed by atoms with Crippen molar-refractivity contribution in [3.05, 3.63) is 77.4 Å². The van der Waals surface area contributed by atoms with Crippen LogP contribution in [0.25, 0.3) is 0 Å². The summed E-state index contributed by atoms with van der Waals surface area (Å²) >= 11 is 0. The lowest BCUT2D eigenvalue weighted by Gasteiger charge is -2.39. The number of hydrogen-bond acceptors (Lipinski definition) is 5. The Labute approximate surface area is 166 Å². The summed E-state index contributed by atoms with van der Waals surface area (Å²) in [5.74, 6) is 0.789. The second-order valence-electron chi connectivity index (χ2n) is 7.26. The summed E-state index contributed by atoms with van der Waals surface area (Å²) in [5, 5.41) is 21.4. The van der Waals surface area contributed by atoms with Gasteiger partial charge in [-0.25, -0.2) is 0 Å². The minimum absolute atomic E-state index is 0.0859. The predicted octanol–water partition coefficient (Wildman–Crippen LogP) is 3.24. The van der Waals surface area contributed by atoms with Crippen molar-refractivity contribution in [3.63, 3.8) is 0 Å². The number of ether oxygens (including phenoxy) is 3. The van der Waals surface area contributed by atoms with Crippen molar-refractivity contribution in [2.75, 3.05) is 13.7 Å². The first-order valence-electron chi connectivity index (χ1n) is 9.46. The van der Waals surface area contributed by atoms with Crippen LogP contribution in [0.2, 0.25) is 0 Å². The molecule has 1 aliphatic carbocycles. The predicted molar refractivity (Wildman–Crippen MR) is 107 cm³/mol. The van der Waals surface area contributed by atoms with Crippen LogP contribution in [0.3, 0.4) is 0 Å². The second-order valence-corrected chi connectivity index (χ2v) is 7.26. The number of hydrogen-bond donors (Lipinski definition) is 2. The Bertz CT molecular complexity index is 771. The summed E-state index contributed by atoms with van der Waals surface area (Å²) in [4.78, 5) is 0. The van der Waals surface area contributed by atoms with Crippen LogP contribution in [0.5, 0.6) is 5.75 Å². The van der Waals surface area contributed by atoms with Gasteiger partial charge in [-0.1, -0.05) is 42.5 Å². The molecule has 28 heavy (non-hydrogen) atoms. The molecule has 3 atom stereocenters. The number of benzene rings is 2. The van der Waals surface area contributed by atoms with E-state index in [9.17, 15) is 10.2 Å². The quantitative estimate of drug-likeness (QED) is 0.684. The minimum atomic E-state index is -1.29. The molecule has 2 aromatic rings. The Hall–Kier alpha value is -2.18. The summed E-state index contributed by atoms with van der Waals surface area (Å²) in [6, 6.07) is 17.4. The van der Waals surface area contributed by atoms with E-state index in [0.29, 0.717) is 19.6 Å². The normalized spacial score (nSPS) is 24.6. The van der Waals surface area contributed by atoms with E-state index in [2.05, 4.69) is 0 Å². The van der Waals surface area contributed by atoms with E-state index in [1.54, 1.807) is 13.2 Å². The van der Waals surface area contributed by atoms with E-state index < -0.39 is 17.8 Å². The standard InChI is InChI=1S/C23H28O5/c1-17-13-23(25,16-27-14-19-8-10-20(26-2)11-9-19)22(12-21(17)24)28-15-18-6-4-3-5-7-18/h3-11,13,21-22,24-25H,12,14-16H2,1-2H3/t21-,22+,23+/m0/s1. The lowest BCUT2D eigenvalue weighted by atomic mass is 9.83. The molecule has 2 N–H and O–H groups in total. The maximum atomic E-state index is 11.2. The highest BCUT2D eigenvalue weighted by Gasteiger charge is 2.41. The molecule has 3 rings (SSSR count).